The van der Waals surface area contributed by atoms with E-state index in [2.05, 4.69) is 26.6 Å². The largest absolute Gasteiger partial charge is 0.497 e. The van der Waals surface area contributed by atoms with Crippen molar-refractivity contribution < 1.29 is 9.53 Å². The van der Waals surface area contributed by atoms with Crippen molar-refractivity contribution in [2.75, 3.05) is 12.4 Å². The summed E-state index contributed by atoms with van der Waals surface area (Å²) < 4.78 is 6.01. The first-order valence-electron chi connectivity index (χ1n) is 6.76. The topological polar surface area (TPSA) is 50.4 Å². The number of rotatable bonds is 4. The molecule has 0 spiro atoms. The maximum absolute atomic E-state index is 11.8. The number of anilines is 1. The molecule has 23 heavy (non-hydrogen) atoms. The van der Waals surface area contributed by atoms with Gasteiger partial charge in [0, 0.05) is 16.2 Å². The Kier molecular flexibility index (Phi) is 6.31. The molecular formula is C17H15BrN2O2S. The van der Waals surface area contributed by atoms with Crippen molar-refractivity contribution in [1.29, 1.82) is 0 Å². The normalized spacial score (nSPS) is 10.3. The Morgan fingerprint density at radius 3 is 2.61 bits per heavy atom. The van der Waals surface area contributed by atoms with Crippen molar-refractivity contribution in [2.24, 2.45) is 0 Å². The molecule has 0 aromatic heterocycles. The average molecular weight is 391 g/mol. The summed E-state index contributed by atoms with van der Waals surface area (Å²) in [4.78, 5) is 11.8. The zero-order valence-corrected chi connectivity index (χ0v) is 14.8. The van der Waals surface area contributed by atoms with E-state index in [1.165, 1.54) is 6.08 Å². The van der Waals surface area contributed by atoms with Crippen molar-refractivity contribution in [3.05, 3.63) is 64.6 Å². The van der Waals surface area contributed by atoms with Gasteiger partial charge in [0.1, 0.15) is 5.75 Å². The minimum absolute atomic E-state index is 0.243. The van der Waals surface area contributed by atoms with Crippen molar-refractivity contribution >= 4 is 50.9 Å². The van der Waals surface area contributed by atoms with E-state index in [9.17, 15) is 4.79 Å². The molecule has 1 amide bonds. The van der Waals surface area contributed by atoms with E-state index in [0.717, 1.165) is 21.5 Å². The average Bonchev–Trinajstić information content (AvgIpc) is 2.53. The molecule has 0 heterocycles. The monoisotopic (exact) mass is 390 g/mol. The van der Waals surface area contributed by atoms with E-state index in [1.54, 1.807) is 13.2 Å². The fourth-order valence-corrected chi connectivity index (χ4v) is 2.39. The van der Waals surface area contributed by atoms with E-state index in [4.69, 9.17) is 17.0 Å². The SMILES string of the molecule is COc1ccc(/C=C/C(=O)NC(=S)Nc2cccc(Br)c2)cc1. The van der Waals surface area contributed by atoms with E-state index in [1.807, 2.05) is 48.5 Å². The third-order valence-corrected chi connectivity index (χ3v) is 3.56. The molecule has 0 bridgehead atoms. The first kappa shape index (κ1) is 17.2. The summed E-state index contributed by atoms with van der Waals surface area (Å²) >= 11 is 8.48. The molecule has 6 heteroatoms. The maximum atomic E-state index is 11.8. The van der Waals surface area contributed by atoms with Crippen LogP contribution in [0.4, 0.5) is 5.69 Å². The van der Waals surface area contributed by atoms with Crippen molar-refractivity contribution in [3.8, 4) is 5.75 Å². The van der Waals surface area contributed by atoms with E-state index >= 15 is 0 Å². The third-order valence-electron chi connectivity index (χ3n) is 2.86. The highest BCUT2D eigenvalue weighted by atomic mass is 79.9. The summed E-state index contributed by atoms with van der Waals surface area (Å²) in [6, 6.07) is 14.9. The van der Waals surface area contributed by atoms with Gasteiger partial charge in [-0.3, -0.25) is 10.1 Å². The third kappa shape index (κ3) is 5.84. The van der Waals surface area contributed by atoms with Gasteiger partial charge in [0.05, 0.1) is 7.11 Å². The standard InChI is InChI=1S/C17H15BrN2O2S/c1-22-15-8-5-12(6-9-15)7-10-16(21)20-17(23)19-14-4-2-3-13(18)11-14/h2-11H,1H3,(H2,19,20,21,23)/b10-7+. The predicted octanol–water partition coefficient (Wildman–Crippen LogP) is 3.98. The van der Waals surface area contributed by atoms with Crippen LogP contribution in [0.1, 0.15) is 5.56 Å². The van der Waals surface area contributed by atoms with E-state index < -0.39 is 0 Å². The van der Waals surface area contributed by atoms with Gasteiger partial charge < -0.3 is 10.1 Å². The van der Waals surface area contributed by atoms with Crippen LogP contribution in [-0.2, 0) is 4.79 Å². The van der Waals surface area contributed by atoms with Crippen LogP contribution in [0.25, 0.3) is 6.08 Å². The van der Waals surface area contributed by atoms with Crippen molar-refractivity contribution in [2.45, 2.75) is 0 Å². The lowest BCUT2D eigenvalue weighted by Gasteiger charge is -2.08. The Morgan fingerprint density at radius 2 is 1.96 bits per heavy atom. The second kappa shape index (κ2) is 8.45. The highest BCUT2D eigenvalue weighted by Gasteiger charge is 2.02. The van der Waals surface area contributed by atoms with Crippen LogP contribution in [0, 0.1) is 0 Å². The van der Waals surface area contributed by atoms with Crippen molar-refractivity contribution in [1.82, 2.24) is 5.32 Å². The predicted molar refractivity (Wildman–Crippen MR) is 101 cm³/mol. The molecule has 0 aliphatic rings. The number of hydrogen-bond donors (Lipinski definition) is 2. The summed E-state index contributed by atoms with van der Waals surface area (Å²) in [5.74, 6) is 0.472. The lowest BCUT2D eigenvalue weighted by molar-refractivity contribution is -0.115. The van der Waals surface area contributed by atoms with Gasteiger partial charge >= 0.3 is 0 Å². The van der Waals surface area contributed by atoms with Crippen LogP contribution < -0.4 is 15.4 Å². The molecule has 118 valence electrons. The molecule has 2 aromatic rings. The molecule has 0 saturated carbocycles. The maximum Gasteiger partial charge on any atom is 0.250 e. The summed E-state index contributed by atoms with van der Waals surface area (Å²) in [5.41, 5.74) is 1.69. The summed E-state index contributed by atoms with van der Waals surface area (Å²) in [6.07, 6.45) is 3.13. The summed E-state index contributed by atoms with van der Waals surface area (Å²) in [7, 11) is 1.61. The molecule has 2 rings (SSSR count). The van der Waals surface area contributed by atoms with Gasteiger partial charge in [-0.05, 0) is 54.2 Å². The highest BCUT2D eigenvalue weighted by Crippen LogP contribution is 2.15. The number of methoxy groups -OCH3 is 1. The number of hydrogen-bond acceptors (Lipinski definition) is 3. The Labute approximate surface area is 148 Å². The molecule has 0 aliphatic heterocycles. The van der Waals surface area contributed by atoms with Crippen LogP contribution in [-0.4, -0.2) is 18.1 Å². The highest BCUT2D eigenvalue weighted by molar-refractivity contribution is 9.10. The smallest absolute Gasteiger partial charge is 0.250 e. The molecule has 4 nitrogen and oxygen atoms in total. The number of carbonyl (C=O) groups excluding carboxylic acids is 1. The van der Waals surface area contributed by atoms with Crippen LogP contribution in [0.3, 0.4) is 0 Å². The van der Waals surface area contributed by atoms with Crippen LogP contribution in [0.5, 0.6) is 5.75 Å². The molecule has 0 atom stereocenters. The van der Waals surface area contributed by atoms with E-state index in [0.29, 0.717) is 0 Å². The zero-order valence-electron chi connectivity index (χ0n) is 12.4. The van der Waals surface area contributed by atoms with Crippen LogP contribution in [0.2, 0.25) is 0 Å². The Hall–Kier alpha value is -2.18. The van der Waals surface area contributed by atoms with E-state index in [-0.39, 0.29) is 11.0 Å². The number of halogens is 1. The molecular weight excluding hydrogens is 376 g/mol. The summed E-state index contributed by atoms with van der Waals surface area (Å²) in [5, 5.41) is 5.78. The van der Waals surface area contributed by atoms with Gasteiger partial charge in [-0.25, -0.2) is 0 Å². The molecule has 0 radical (unpaired) electrons. The number of ether oxygens (including phenoxy) is 1. The first-order valence-corrected chi connectivity index (χ1v) is 7.96. The number of amides is 1. The van der Waals surface area contributed by atoms with Gasteiger partial charge in [0.2, 0.25) is 5.91 Å². The van der Waals surface area contributed by atoms with Gasteiger partial charge in [0.25, 0.3) is 0 Å². The van der Waals surface area contributed by atoms with Gasteiger partial charge in [-0.15, -0.1) is 0 Å². The Bertz CT molecular complexity index is 730. The second-order valence-corrected chi connectivity index (χ2v) is 5.88. The minimum atomic E-state index is -0.298. The number of carbonyl (C=O) groups is 1. The lowest BCUT2D eigenvalue weighted by atomic mass is 10.2. The molecule has 0 unspecified atom stereocenters. The van der Waals surface area contributed by atoms with Gasteiger partial charge in [-0.2, -0.15) is 0 Å². The minimum Gasteiger partial charge on any atom is -0.497 e. The second-order valence-electron chi connectivity index (χ2n) is 4.56. The number of nitrogens with one attached hydrogen (secondary N) is 2. The molecule has 2 N–H and O–H groups in total. The number of thiocarbonyl (C=S) groups is 1. The van der Waals surface area contributed by atoms with Crippen LogP contribution in [0.15, 0.2) is 59.1 Å². The number of benzene rings is 2. The first-order chi connectivity index (χ1) is 11.1. The van der Waals surface area contributed by atoms with Crippen LogP contribution >= 0.6 is 28.1 Å². The molecule has 0 aliphatic carbocycles. The molecule has 2 aromatic carbocycles. The fourth-order valence-electron chi connectivity index (χ4n) is 1.77. The van der Waals surface area contributed by atoms with Gasteiger partial charge in [-0.1, -0.05) is 34.1 Å². The molecule has 0 saturated heterocycles. The quantitative estimate of drug-likeness (QED) is 0.612. The fraction of sp³-hybridized carbons (Fsp3) is 0.0588. The summed E-state index contributed by atoms with van der Waals surface area (Å²) in [6.45, 7) is 0. The zero-order chi connectivity index (χ0) is 16.7. The van der Waals surface area contributed by atoms with Gasteiger partial charge in [0.15, 0.2) is 5.11 Å². The molecule has 0 fully saturated rings. The Balaban J connectivity index is 1.88. The van der Waals surface area contributed by atoms with Crippen molar-refractivity contribution in [3.63, 3.8) is 0 Å². The lowest BCUT2D eigenvalue weighted by Crippen LogP contribution is -2.32. The Morgan fingerprint density at radius 1 is 1.22 bits per heavy atom.